The van der Waals surface area contributed by atoms with Crippen LogP contribution >= 0.6 is 0 Å². The quantitative estimate of drug-likeness (QED) is 0.417. The second-order valence-electron chi connectivity index (χ2n) is 11.3. The van der Waals surface area contributed by atoms with Crippen LogP contribution in [0.15, 0.2) is 46.4 Å². The Labute approximate surface area is 238 Å². The Kier molecular flexibility index (Phi) is 8.67. The van der Waals surface area contributed by atoms with E-state index in [0.717, 1.165) is 134 Å². The topological polar surface area (TPSA) is 62.6 Å². The smallest absolute Gasteiger partial charge is 0.202 e. The molecule has 0 unspecified atom stereocenters. The van der Waals surface area contributed by atoms with Crippen LogP contribution < -0.4 is 0 Å². The van der Waals surface area contributed by atoms with Crippen molar-refractivity contribution >= 4 is 34.1 Å². The average Bonchev–Trinajstić information content (AvgIpc) is 3.00. The third-order valence-electron chi connectivity index (χ3n) is 8.46. The summed E-state index contributed by atoms with van der Waals surface area (Å²) in [5, 5.41) is 2.28. The lowest BCUT2D eigenvalue weighted by molar-refractivity contribution is 0.0599. The number of fused-ring (bicyclic) bond motifs is 1. The molecule has 2 aromatic rings. The van der Waals surface area contributed by atoms with Crippen LogP contribution in [0.1, 0.15) is 0 Å². The van der Waals surface area contributed by atoms with E-state index in [1.54, 1.807) is 0 Å². The molecule has 0 amide bonds. The Bertz CT molecular complexity index is 1100. The molecule has 0 bridgehead atoms. The van der Waals surface area contributed by atoms with E-state index in [-0.39, 0.29) is 0 Å². The first-order valence-electron chi connectivity index (χ1n) is 14.9. The third kappa shape index (κ3) is 6.20. The average molecular weight is 549 g/mol. The molecule has 10 nitrogen and oxygen atoms in total. The van der Waals surface area contributed by atoms with Gasteiger partial charge in [-0.1, -0.05) is 24.3 Å². The minimum Gasteiger partial charge on any atom is -0.378 e. The molecule has 2 aromatic carbocycles. The maximum absolute atomic E-state index is 5.70. The van der Waals surface area contributed by atoms with E-state index >= 15 is 0 Å². The van der Waals surface area contributed by atoms with Crippen molar-refractivity contribution in [2.75, 3.05) is 119 Å². The second kappa shape index (κ2) is 12.7. The highest BCUT2D eigenvalue weighted by atomic mass is 16.5. The summed E-state index contributed by atoms with van der Waals surface area (Å²) < 4.78 is 11.4. The van der Waals surface area contributed by atoms with Crippen LogP contribution in [0.25, 0.3) is 10.8 Å². The minimum absolute atomic E-state index is 0.742. The van der Waals surface area contributed by atoms with Gasteiger partial charge in [-0.3, -0.25) is 0 Å². The van der Waals surface area contributed by atoms with Gasteiger partial charge in [0.25, 0.3) is 0 Å². The minimum atomic E-state index is 0.742. The first-order chi connectivity index (χ1) is 19.7. The monoisotopic (exact) mass is 548 g/mol. The molecule has 6 rings (SSSR count). The molecule has 0 N–H and O–H groups in total. The summed E-state index contributed by atoms with van der Waals surface area (Å²) in [5.41, 5.74) is 1.97. The Balaban J connectivity index is 1.43. The first kappa shape index (κ1) is 27.3. The zero-order valence-corrected chi connectivity index (χ0v) is 24.2. The zero-order chi connectivity index (χ0) is 27.3. The highest BCUT2D eigenvalue weighted by molar-refractivity contribution is 6.04. The van der Waals surface area contributed by atoms with Crippen LogP contribution in [0, 0.1) is 0 Å². The van der Waals surface area contributed by atoms with Gasteiger partial charge in [0, 0.05) is 83.9 Å². The van der Waals surface area contributed by atoms with Crippen molar-refractivity contribution in [3.05, 3.63) is 36.4 Å². The number of nitrogens with zero attached hydrogens (tertiary/aromatic N) is 8. The van der Waals surface area contributed by atoms with Gasteiger partial charge in [-0.05, 0) is 31.6 Å². The summed E-state index contributed by atoms with van der Waals surface area (Å²) in [6.45, 7) is 14.5. The van der Waals surface area contributed by atoms with E-state index in [9.17, 15) is 0 Å². The van der Waals surface area contributed by atoms with E-state index in [2.05, 4.69) is 79.9 Å². The molecule has 4 aliphatic heterocycles. The van der Waals surface area contributed by atoms with Crippen molar-refractivity contribution in [3.63, 3.8) is 0 Å². The largest absolute Gasteiger partial charge is 0.378 e. The summed E-state index contributed by atoms with van der Waals surface area (Å²) in [6, 6.07) is 12.9. The lowest BCUT2D eigenvalue weighted by Gasteiger charge is -2.40. The molecule has 216 valence electrons. The zero-order valence-electron chi connectivity index (χ0n) is 24.2. The van der Waals surface area contributed by atoms with Crippen molar-refractivity contribution in [1.82, 2.24) is 29.4 Å². The second-order valence-corrected chi connectivity index (χ2v) is 11.3. The number of guanidine groups is 2. The van der Waals surface area contributed by atoms with Gasteiger partial charge in [-0.15, -0.1) is 0 Å². The lowest BCUT2D eigenvalue weighted by Crippen LogP contribution is -2.54. The predicted octanol–water partition coefficient (Wildman–Crippen LogP) is 1.97. The van der Waals surface area contributed by atoms with Crippen LogP contribution in [0.3, 0.4) is 0 Å². The third-order valence-corrected chi connectivity index (χ3v) is 8.46. The number of ether oxygens (including phenoxy) is 2. The summed E-state index contributed by atoms with van der Waals surface area (Å²) in [7, 11) is 4.40. The van der Waals surface area contributed by atoms with Gasteiger partial charge in [0.2, 0.25) is 11.9 Å². The SMILES string of the molecule is CN1CCN(C(=Nc2cccc3cccc(N=C(N4CCOCC4)N4CCN(C)CC4)c23)N2CCOCC2)CC1. The van der Waals surface area contributed by atoms with Gasteiger partial charge >= 0.3 is 0 Å². The molecule has 4 aliphatic rings. The molecule has 0 atom stereocenters. The maximum Gasteiger partial charge on any atom is 0.202 e. The predicted molar refractivity (Wildman–Crippen MR) is 161 cm³/mol. The molecule has 4 heterocycles. The number of hydrogen-bond acceptors (Lipinski definition) is 6. The standard InChI is InChI=1S/C30H44N8O2/c1-33-9-13-35(14-10-33)29(37-17-21-39-22-18-37)31-26-7-3-5-25-6-4-8-27(28(25)26)32-30(38-19-23-40-24-20-38)36-15-11-34(2)12-16-36/h3-8H,9-24H2,1-2H3. The van der Waals surface area contributed by atoms with E-state index in [1.165, 1.54) is 5.39 Å². The molecule has 10 heteroatoms. The highest BCUT2D eigenvalue weighted by Gasteiger charge is 2.26. The van der Waals surface area contributed by atoms with Crippen LogP contribution in [-0.4, -0.2) is 160 Å². The van der Waals surface area contributed by atoms with Gasteiger partial charge < -0.3 is 38.9 Å². The molecule has 4 saturated heterocycles. The van der Waals surface area contributed by atoms with Crippen molar-refractivity contribution in [3.8, 4) is 0 Å². The fourth-order valence-corrected chi connectivity index (χ4v) is 5.93. The van der Waals surface area contributed by atoms with Gasteiger partial charge in [0.15, 0.2) is 0 Å². The fourth-order valence-electron chi connectivity index (χ4n) is 5.93. The van der Waals surface area contributed by atoms with Crippen LogP contribution in [-0.2, 0) is 9.47 Å². The first-order valence-corrected chi connectivity index (χ1v) is 14.9. The van der Waals surface area contributed by atoms with Crippen molar-refractivity contribution < 1.29 is 9.47 Å². The van der Waals surface area contributed by atoms with Crippen molar-refractivity contribution in [1.29, 1.82) is 0 Å². The summed E-state index contributed by atoms with van der Waals surface area (Å²) in [6.07, 6.45) is 0. The van der Waals surface area contributed by atoms with Gasteiger partial charge in [0.05, 0.1) is 37.8 Å². The number of morpholine rings is 2. The number of hydrogen-bond donors (Lipinski definition) is 0. The van der Waals surface area contributed by atoms with Crippen molar-refractivity contribution in [2.45, 2.75) is 0 Å². The Hall–Kier alpha value is -2.92. The normalized spacial score (nSPS) is 22.9. The molecule has 0 radical (unpaired) electrons. The fraction of sp³-hybridized carbons (Fsp3) is 0.600. The molecule has 0 aliphatic carbocycles. The van der Waals surface area contributed by atoms with Crippen LogP contribution in [0.4, 0.5) is 11.4 Å². The van der Waals surface area contributed by atoms with E-state index < -0.39 is 0 Å². The van der Waals surface area contributed by atoms with Gasteiger partial charge in [0.1, 0.15) is 0 Å². The molecule has 4 fully saturated rings. The Morgan fingerprint density at radius 1 is 0.525 bits per heavy atom. The van der Waals surface area contributed by atoms with Crippen LogP contribution in [0.2, 0.25) is 0 Å². The number of piperazine rings is 2. The Morgan fingerprint density at radius 2 is 0.900 bits per heavy atom. The lowest BCUT2D eigenvalue weighted by atomic mass is 10.1. The summed E-state index contributed by atoms with van der Waals surface area (Å²) in [4.78, 5) is 25.4. The molecular formula is C30H44N8O2. The van der Waals surface area contributed by atoms with Crippen LogP contribution in [0.5, 0.6) is 0 Å². The van der Waals surface area contributed by atoms with E-state index in [1.807, 2.05) is 0 Å². The van der Waals surface area contributed by atoms with E-state index in [4.69, 9.17) is 19.5 Å². The maximum atomic E-state index is 5.70. The number of rotatable bonds is 2. The summed E-state index contributed by atoms with van der Waals surface area (Å²) in [5.74, 6) is 2.13. The Morgan fingerprint density at radius 3 is 1.30 bits per heavy atom. The van der Waals surface area contributed by atoms with E-state index in [0.29, 0.717) is 0 Å². The van der Waals surface area contributed by atoms with Gasteiger partial charge in [-0.25, -0.2) is 9.98 Å². The highest BCUT2D eigenvalue weighted by Crippen LogP contribution is 2.35. The molecule has 0 saturated carbocycles. The summed E-state index contributed by atoms with van der Waals surface area (Å²) >= 11 is 0. The number of likely N-dealkylation sites (N-methyl/N-ethyl adjacent to an activating group) is 2. The molecule has 0 aromatic heterocycles. The number of aliphatic imine (C=N–C) groups is 2. The number of benzene rings is 2. The van der Waals surface area contributed by atoms with Gasteiger partial charge in [-0.2, -0.15) is 0 Å². The van der Waals surface area contributed by atoms with Crippen molar-refractivity contribution in [2.24, 2.45) is 9.98 Å². The molecular weight excluding hydrogens is 504 g/mol. The molecule has 0 spiro atoms. The molecule has 40 heavy (non-hydrogen) atoms.